The molecule has 1 atom stereocenters. The number of rotatable bonds is 6. The Morgan fingerprint density at radius 3 is 2.67 bits per heavy atom. The number of halogens is 1. The molecule has 0 radical (unpaired) electrons. The second-order valence-electron chi connectivity index (χ2n) is 4.22. The number of carboxylic acids is 1. The van der Waals surface area contributed by atoms with Gasteiger partial charge in [-0.1, -0.05) is 6.92 Å². The summed E-state index contributed by atoms with van der Waals surface area (Å²) in [6.45, 7) is 1.75. The molecule has 0 aliphatic carbocycles. The lowest BCUT2D eigenvalue weighted by molar-refractivity contribution is -0.384. The van der Waals surface area contributed by atoms with Gasteiger partial charge in [0.1, 0.15) is 0 Å². The Morgan fingerprint density at radius 1 is 1.48 bits per heavy atom. The van der Waals surface area contributed by atoms with Gasteiger partial charge in [-0.3, -0.25) is 14.9 Å². The Morgan fingerprint density at radius 2 is 2.14 bits per heavy atom. The highest BCUT2D eigenvalue weighted by molar-refractivity contribution is 9.10. The minimum atomic E-state index is -1.02. The molecule has 114 valence electrons. The summed E-state index contributed by atoms with van der Waals surface area (Å²) in [4.78, 5) is 32.5. The van der Waals surface area contributed by atoms with Crippen LogP contribution >= 0.6 is 15.9 Å². The van der Waals surface area contributed by atoms with Gasteiger partial charge in [-0.05, 0) is 28.4 Å². The first-order chi connectivity index (χ1) is 9.83. The minimum Gasteiger partial charge on any atom is -0.481 e. The van der Waals surface area contributed by atoms with Crippen molar-refractivity contribution in [1.82, 2.24) is 5.32 Å². The van der Waals surface area contributed by atoms with Crippen molar-refractivity contribution in [1.29, 1.82) is 0 Å². The van der Waals surface area contributed by atoms with Crippen molar-refractivity contribution < 1.29 is 19.6 Å². The third-order valence-corrected chi connectivity index (χ3v) is 3.35. The van der Waals surface area contributed by atoms with Crippen molar-refractivity contribution >= 4 is 39.3 Å². The molecular weight excluding hydrogens is 346 g/mol. The van der Waals surface area contributed by atoms with Crippen LogP contribution in [-0.2, 0) is 4.79 Å². The van der Waals surface area contributed by atoms with Gasteiger partial charge in [-0.25, -0.2) is 4.79 Å². The Kier molecular flexibility index (Phi) is 6.10. The highest BCUT2D eigenvalue weighted by Gasteiger charge is 2.16. The summed E-state index contributed by atoms with van der Waals surface area (Å²) in [5, 5.41) is 24.3. The van der Waals surface area contributed by atoms with E-state index in [4.69, 9.17) is 5.11 Å². The van der Waals surface area contributed by atoms with Gasteiger partial charge in [0.2, 0.25) is 0 Å². The summed E-state index contributed by atoms with van der Waals surface area (Å²) < 4.78 is 0.481. The van der Waals surface area contributed by atoms with Gasteiger partial charge < -0.3 is 15.7 Å². The van der Waals surface area contributed by atoms with E-state index < -0.39 is 23.0 Å². The molecule has 0 aliphatic heterocycles. The lowest BCUT2D eigenvalue weighted by Crippen LogP contribution is -2.38. The Balaban J connectivity index is 2.76. The number of benzene rings is 1. The molecule has 0 aliphatic rings. The summed E-state index contributed by atoms with van der Waals surface area (Å²) in [6, 6.07) is 2.82. The molecule has 0 saturated heterocycles. The van der Waals surface area contributed by atoms with Gasteiger partial charge in [0.25, 0.3) is 5.69 Å². The number of carbonyl (C=O) groups excluding carboxylic acids is 1. The van der Waals surface area contributed by atoms with Gasteiger partial charge in [-0.2, -0.15) is 0 Å². The third-order valence-electron chi connectivity index (χ3n) is 2.66. The quantitative estimate of drug-likeness (QED) is 0.532. The molecule has 9 heteroatoms. The summed E-state index contributed by atoms with van der Waals surface area (Å²) >= 11 is 3.17. The lowest BCUT2D eigenvalue weighted by Gasteiger charge is -2.15. The largest absolute Gasteiger partial charge is 0.481 e. The van der Waals surface area contributed by atoms with E-state index in [0.29, 0.717) is 10.9 Å². The predicted octanol–water partition coefficient (Wildman–Crippen LogP) is 2.73. The average Bonchev–Trinajstić information content (AvgIpc) is 2.39. The van der Waals surface area contributed by atoms with E-state index in [2.05, 4.69) is 26.6 Å². The zero-order valence-corrected chi connectivity index (χ0v) is 12.7. The molecule has 0 spiro atoms. The van der Waals surface area contributed by atoms with Crippen LogP contribution in [0.3, 0.4) is 0 Å². The number of nitro groups is 1. The van der Waals surface area contributed by atoms with Crippen LogP contribution in [0.2, 0.25) is 0 Å². The SMILES string of the molecule is CCC(CC(=O)O)NC(=O)Nc1cc([N+](=O)[O-])ccc1Br. The first-order valence-corrected chi connectivity index (χ1v) is 6.86. The van der Waals surface area contributed by atoms with Crippen molar-refractivity contribution in [2.75, 3.05) is 5.32 Å². The molecule has 0 heterocycles. The van der Waals surface area contributed by atoms with E-state index in [0.717, 1.165) is 0 Å². The van der Waals surface area contributed by atoms with Crippen molar-refractivity contribution in [2.24, 2.45) is 0 Å². The minimum absolute atomic E-state index is 0.161. The monoisotopic (exact) mass is 359 g/mol. The fourth-order valence-electron chi connectivity index (χ4n) is 1.57. The Hall–Kier alpha value is -2.16. The van der Waals surface area contributed by atoms with Gasteiger partial charge in [-0.15, -0.1) is 0 Å². The normalized spacial score (nSPS) is 11.5. The van der Waals surface area contributed by atoms with Crippen LogP contribution in [-0.4, -0.2) is 28.1 Å². The summed E-state index contributed by atoms with van der Waals surface area (Å²) in [5.41, 5.74) is 0.0676. The number of nitrogens with one attached hydrogen (secondary N) is 2. The van der Waals surface area contributed by atoms with Crippen LogP contribution in [0.1, 0.15) is 19.8 Å². The van der Waals surface area contributed by atoms with E-state index in [1.54, 1.807) is 6.92 Å². The number of hydrogen-bond donors (Lipinski definition) is 3. The average molecular weight is 360 g/mol. The number of non-ortho nitro benzene ring substituents is 1. The predicted molar refractivity (Wildman–Crippen MR) is 79.3 cm³/mol. The van der Waals surface area contributed by atoms with Crippen LogP contribution in [0.15, 0.2) is 22.7 Å². The molecule has 0 aromatic heterocycles. The maximum absolute atomic E-state index is 11.8. The van der Waals surface area contributed by atoms with Gasteiger partial charge in [0.15, 0.2) is 0 Å². The first-order valence-electron chi connectivity index (χ1n) is 6.06. The standard InChI is InChI=1S/C12H14BrN3O5/c1-2-7(5-11(17)18)14-12(19)15-10-6-8(16(20)21)3-4-9(10)13/h3-4,6-7H,2,5H2,1H3,(H,17,18)(H2,14,15,19). The smallest absolute Gasteiger partial charge is 0.319 e. The molecule has 0 saturated carbocycles. The van der Waals surface area contributed by atoms with Crippen LogP contribution < -0.4 is 10.6 Å². The number of urea groups is 1. The number of carboxylic acid groups (broad SMARTS) is 1. The van der Waals surface area contributed by atoms with Gasteiger partial charge in [0.05, 0.1) is 17.0 Å². The number of amides is 2. The van der Waals surface area contributed by atoms with Crippen LogP contribution in [0.4, 0.5) is 16.2 Å². The molecule has 2 amide bonds. The van der Waals surface area contributed by atoms with Crippen LogP contribution in [0, 0.1) is 10.1 Å². The summed E-state index contributed by atoms with van der Waals surface area (Å²) in [5.74, 6) is -1.02. The second kappa shape index (κ2) is 7.58. The first kappa shape index (κ1) is 16.9. The van der Waals surface area contributed by atoms with Crippen LogP contribution in [0.25, 0.3) is 0 Å². The molecule has 8 nitrogen and oxygen atoms in total. The maximum atomic E-state index is 11.8. The Labute approximate surface area is 128 Å². The van der Waals surface area contributed by atoms with E-state index in [1.165, 1.54) is 18.2 Å². The number of hydrogen-bond acceptors (Lipinski definition) is 4. The van der Waals surface area contributed by atoms with Crippen molar-refractivity contribution in [3.63, 3.8) is 0 Å². The van der Waals surface area contributed by atoms with E-state index in [-0.39, 0.29) is 17.8 Å². The highest BCUT2D eigenvalue weighted by atomic mass is 79.9. The topological polar surface area (TPSA) is 122 Å². The molecule has 1 aromatic rings. The number of anilines is 1. The fraction of sp³-hybridized carbons (Fsp3) is 0.333. The third kappa shape index (κ3) is 5.38. The molecule has 1 aromatic carbocycles. The zero-order chi connectivity index (χ0) is 16.0. The molecule has 1 rings (SSSR count). The van der Waals surface area contributed by atoms with Crippen molar-refractivity contribution in [2.45, 2.75) is 25.8 Å². The number of aliphatic carboxylic acids is 1. The van der Waals surface area contributed by atoms with Gasteiger partial charge >= 0.3 is 12.0 Å². The maximum Gasteiger partial charge on any atom is 0.319 e. The van der Waals surface area contributed by atoms with Crippen LogP contribution in [0.5, 0.6) is 0 Å². The van der Waals surface area contributed by atoms with Crippen molar-refractivity contribution in [3.05, 3.63) is 32.8 Å². The molecule has 0 bridgehead atoms. The van der Waals surface area contributed by atoms with E-state index in [9.17, 15) is 19.7 Å². The second-order valence-corrected chi connectivity index (χ2v) is 5.08. The number of carbonyl (C=O) groups is 2. The molecule has 1 unspecified atom stereocenters. The summed E-state index contributed by atoms with van der Waals surface area (Å²) in [7, 11) is 0. The lowest BCUT2D eigenvalue weighted by atomic mass is 10.1. The van der Waals surface area contributed by atoms with Crippen molar-refractivity contribution in [3.8, 4) is 0 Å². The van der Waals surface area contributed by atoms with E-state index in [1.807, 2.05) is 0 Å². The number of nitrogens with zero attached hydrogens (tertiary/aromatic N) is 1. The highest BCUT2D eigenvalue weighted by Crippen LogP contribution is 2.27. The summed E-state index contributed by atoms with van der Waals surface area (Å²) in [6.07, 6.45) is 0.260. The van der Waals surface area contributed by atoms with E-state index >= 15 is 0 Å². The number of nitro benzene ring substituents is 1. The molecular formula is C12H14BrN3O5. The molecule has 3 N–H and O–H groups in total. The Bertz CT molecular complexity index is 564. The molecule has 21 heavy (non-hydrogen) atoms. The van der Waals surface area contributed by atoms with Gasteiger partial charge in [0, 0.05) is 22.6 Å². The zero-order valence-electron chi connectivity index (χ0n) is 11.1. The molecule has 0 fully saturated rings. The fourth-order valence-corrected chi connectivity index (χ4v) is 1.92.